The molecule has 1 aromatic heterocycles. The van der Waals surface area contributed by atoms with E-state index in [2.05, 4.69) is 27.0 Å². The summed E-state index contributed by atoms with van der Waals surface area (Å²) in [7, 11) is 0. The van der Waals surface area contributed by atoms with Gasteiger partial charge in [0.2, 0.25) is 0 Å². The third-order valence-electron chi connectivity index (χ3n) is 3.90. The van der Waals surface area contributed by atoms with Crippen LogP contribution < -0.4 is 16.6 Å². The number of hydrogen-bond donors (Lipinski definition) is 3. The molecule has 1 heterocycles. The number of aromatic nitrogens is 2. The smallest absolute Gasteiger partial charge is 0.145 e. The summed E-state index contributed by atoms with van der Waals surface area (Å²) in [6.45, 7) is 0. The minimum Gasteiger partial charge on any atom is -0.367 e. The molecular weight excluding hydrogens is 258 g/mol. The van der Waals surface area contributed by atoms with Crippen LogP contribution in [0.15, 0.2) is 6.07 Å². The third kappa shape index (κ3) is 3.12. The van der Waals surface area contributed by atoms with Gasteiger partial charge in [0.15, 0.2) is 0 Å². The van der Waals surface area contributed by atoms with Crippen LogP contribution in [0, 0.1) is 0 Å². The van der Waals surface area contributed by atoms with Crippen LogP contribution in [0.25, 0.3) is 0 Å². The molecule has 0 spiro atoms. The van der Waals surface area contributed by atoms with E-state index in [-0.39, 0.29) is 0 Å². The van der Waals surface area contributed by atoms with Gasteiger partial charge in [-0.15, -0.1) is 0 Å². The van der Waals surface area contributed by atoms with Gasteiger partial charge >= 0.3 is 0 Å². The lowest BCUT2D eigenvalue weighted by atomic mass is 10.2. The monoisotopic (exact) mass is 279 g/mol. The van der Waals surface area contributed by atoms with Crippen LogP contribution >= 0.6 is 11.8 Å². The molecule has 2 atom stereocenters. The number of nitrogens with zero attached hydrogens (tertiary/aromatic N) is 2. The van der Waals surface area contributed by atoms with Gasteiger partial charge in [0.1, 0.15) is 17.5 Å². The number of anilines is 2. The first-order chi connectivity index (χ1) is 9.28. The Hall–Kier alpha value is -1.01. The Balaban J connectivity index is 1.71. The molecule has 0 radical (unpaired) electrons. The van der Waals surface area contributed by atoms with E-state index >= 15 is 0 Å². The van der Waals surface area contributed by atoms with E-state index in [0.717, 1.165) is 16.9 Å². The summed E-state index contributed by atoms with van der Waals surface area (Å²) < 4.78 is 0. The normalized spacial score (nSPS) is 26.4. The molecule has 1 aromatic rings. The molecule has 2 aliphatic rings. The Kier molecular flexibility index (Phi) is 3.79. The lowest BCUT2D eigenvalue weighted by Gasteiger charge is -2.15. The van der Waals surface area contributed by atoms with E-state index in [1.807, 2.05) is 17.8 Å². The van der Waals surface area contributed by atoms with Crippen LogP contribution in [-0.4, -0.2) is 27.5 Å². The van der Waals surface area contributed by atoms with Crippen LogP contribution in [0.4, 0.5) is 11.6 Å². The molecule has 19 heavy (non-hydrogen) atoms. The highest BCUT2D eigenvalue weighted by Crippen LogP contribution is 2.39. The fourth-order valence-electron chi connectivity index (χ4n) is 2.63. The Morgan fingerprint density at radius 3 is 2.63 bits per heavy atom. The zero-order valence-corrected chi connectivity index (χ0v) is 12.0. The van der Waals surface area contributed by atoms with Crippen molar-refractivity contribution in [1.82, 2.24) is 9.97 Å². The van der Waals surface area contributed by atoms with E-state index in [0.29, 0.717) is 17.8 Å². The van der Waals surface area contributed by atoms with Crippen LogP contribution in [0.5, 0.6) is 0 Å². The largest absolute Gasteiger partial charge is 0.367 e. The van der Waals surface area contributed by atoms with Crippen molar-refractivity contribution in [3.8, 4) is 0 Å². The van der Waals surface area contributed by atoms with Gasteiger partial charge in [-0.05, 0) is 38.4 Å². The fourth-order valence-corrected chi connectivity index (χ4v) is 3.43. The summed E-state index contributed by atoms with van der Waals surface area (Å²) in [4.78, 5) is 9.06. The van der Waals surface area contributed by atoms with Crippen molar-refractivity contribution in [3.05, 3.63) is 11.9 Å². The molecule has 2 aliphatic carbocycles. The molecule has 0 bridgehead atoms. The molecule has 5 nitrogen and oxygen atoms in total. The Bertz CT molecular complexity index is 449. The van der Waals surface area contributed by atoms with E-state index in [1.54, 1.807) is 0 Å². The van der Waals surface area contributed by atoms with Gasteiger partial charge in [-0.1, -0.05) is 0 Å². The quantitative estimate of drug-likeness (QED) is 0.567. The van der Waals surface area contributed by atoms with E-state index < -0.39 is 0 Å². The summed E-state index contributed by atoms with van der Waals surface area (Å²) in [5, 5.41) is 4.33. The minimum atomic E-state index is 0.532. The van der Waals surface area contributed by atoms with E-state index in [4.69, 9.17) is 5.84 Å². The van der Waals surface area contributed by atoms with E-state index in [9.17, 15) is 0 Å². The van der Waals surface area contributed by atoms with Gasteiger partial charge in [0.25, 0.3) is 0 Å². The first-order valence-electron chi connectivity index (χ1n) is 6.93. The van der Waals surface area contributed by atoms with Crippen LogP contribution in [-0.2, 0) is 0 Å². The predicted octanol–water partition coefficient (Wildman–Crippen LogP) is 2.34. The standard InChI is InChI=1S/C13H21N5S/c1-19-10-5-4-9(6-10)15-11-7-12(18-14)17-13(16-11)8-2-3-8/h7-10H,2-6,14H2,1H3,(H2,15,16,17,18). The van der Waals surface area contributed by atoms with Crippen LogP contribution in [0.2, 0.25) is 0 Å². The van der Waals surface area contributed by atoms with Crippen molar-refractivity contribution in [2.24, 2.45) is 5.84 Å². The number of rotatable bonds is 5. The average molecular weight is 279 g/mol. The molecule has 4 N–H and O–H groups in total. The summed E-state index contributed by atoms with van der Waals surface area (Å²) in [5.74, 6) is 8.58. The molecule has 0 aliphatic heterocycles. The lowest BCUT2D eigenvalue weighted by Crippen LogP contribution is -2.18. The minimum absolute atomic E-state index is 0.532. The van der Waals surface area contributed by atoms with Gasteiger partial charge < -0.3 is 10.7 Å². The van der Waals surface area contributed by atoms with E-state index in [1.165, 1.54) is 32.1 Å². The summed E-state index contributed by atoms with van der Waals surface area (Å²) in [5.41, 5.74) is 2.64. The molecule has 0 amide bonds. The second-order valence-electron chi connectivity index (χ2n) is 5.43. The number of nitrogens with one attached hydrogen (secondary N) is 2. The molecule has 0 saturated heterocycles. The fraction of sp³-hybridized carbons (Fsp3) is 0.692. The zero-order valence-electron chi connectivity index (χ0n) is 11.2. The maximum Gasteiger partial charge on any atom is 0.145 e. The van der Waals surface area contributed by atoms with Gasteiger partial charge in [-0.25, -0.2) is 15.8 Å². The van der Waals surface area contributed by atoms with Gasteiger partial charge in [-0.2, -0.15) is 11.8 Å². The molecule has 104 valence electrons. The highest BCUT2D eigenvalue weighted by atomic mass is 32.2. The van der Waals surface area contributed by atoms with Gasteiger partial charge in [0.05, 0.1) is 0 Å². The molecule has 3 rings (SSSR count). The molecular formula is C13H21N5S. The molecule has 2 unspecified atom stereocenters. The Morgan fingerprint density at radius 2 is 2.00 bits per heavy atom. The Morgan fingerprint density at radius 1 is 1.21 bits per heavy atom. The zero-order chi connectivity index (χ0) is 13.2. The van der Waals surface area contributed by atoms with Gasteiger partial charge in [-0.3, -0.25) is 0 Å². The third-order valence-corrected chi connectivity index (χ3v) is 5.00. The van der Waals surface area contributed by atoms with Crippen molar-refractivity contribution < 1.29 is 0 Å². The number of nitrogen functional groups attached to an aromatic ring is 1. The topological polar surface area (TPSA) is 75.9 Å². The number of hydrazine groups is 1. The molecule has 2 saturated carbocycles. The molecule has 6 heteroatoms. The van der Waals surface area contributed by atoms with Crippen molar-refractivity contribution in [2.45, 2.75) is 49.3 Å². The lowest BCUT2D eigenvalue weighted by molar-refractivity contribution is 0.748. The van der Waals surface area contributed by atoms with Crippen LogP contribution in [0.1, 0.15) is 43.8 Å². The number of thioether (sulfide) groups is 1. The predicted molar refractivity (Wildman–Crippen MR) is 80.4 cm³/mol. The van der Waals surface area contributed by atoms with Crippen molar-refractivity contribution in [3.63, 3.8) is 0 Å². The highest BCUT2D eigenvalue weighted by Gasteiger charge is 2.28. The highest BCUT2D eigenvalue weighted by molar-refractivity contribution is 7.99. The van der Waals surface area contributed by atoms with Crippen molar-refractivity contribution >= 4 is 23.4 Å². The van der Waals surface area contributed by atoms with Crippen LogP contribution in [0.3, 0.4) is 0 Å². The maximum absolute atomic E-state index is 5.49. The molecule has 2 fully saturated rings. The second-order valence-corrected chi connectivity index (χ2v) is 6.57. The number of nitrogens with two attached hydrogens (primary N) is 1. The average Bonchev–Trinajstić information content (AvgIpc) is 3.19. The summed E-state index contributed by atoms with van der Waals surface area (Å²) in [6, 6.07) is 2.43. The summed E-state index contributed by atoms with van der Waals surface area (Å²) >= 11 is 1.97. The van der Waals surface area contributed by atoms with Gasteiger partial charge in [0, 0.05) is 23.3 Å². The number of hydrogen-bond acceptors (Lipinski definition) is 6. The maximum atomic E-state index is 5.49. The second kappa shape index (κ2) is 5.54. The molecule has 0 aromatic carbocycles. The first kappa shape index (κ1) is 13.0. The first-order valence-corrected chi connectivity index (χ1v) is 8.22. The van der Waals surface area contributed by atoms with Crippen molar-refractivity contribution in [1.29, 1.82) is 0 Å². The summed E-state index contributed by atoms with van der Waals surface area (Å²) in [6.07, 6.45) is 8.33. The SMILES string of the molecule is CSC1CCC(Nc2cc(NN)nc(C3CC3)n2)C1. The van der Waals surface area contributed by atoms with Crippen molar-refractivity contribution in [2.75, 3.05) is 17.0 Å². The Labute approximate surface area is 118 Å².